The Bertz CT molecular complexity index is 861. The highest BCUT2D eigenvalue weighted by molar-refractivity contribution is 5.98. The third-order valence-corrected chi connectivity index (χ3v) is 8.52. The second kappa shape index (κ2) is 11.5. The normalized spacial score (nSPS) is 33.4. The summed E-state index contributed by atoms with van der Waals surface area (Å²) < 4.78 is 12.3. The Morgan fingerprint density at radius 2 is 2.06 bits per heavy atom. The first kappa shape index (κ1) is 28.4. The van der Waals surface area contributed by atoms with Crippen LogP contribution >= 0.6 is 0 Å². The lowest BCUT2D eigenvalue weighted by molar-refractivity contribution is -0.162. The number of nitrogens with zero attached hydrogens (tertiary/aromatic N) is 2. The third kappa shape index (κ3) is 4.62. The summed E-state index contributed by atoms with van der Waals surface area (Å²) in [5.41, 5.74) is -1.98. The van der Waals surface area contributed by atoms with Crippen LogP contribution in [0.1, 0.15) is 66.2 Å². The van der Waals surface area contributed by atoms with Crippen molar-refractivity contribution in [3.63, 3.8) is 0 Å². The molecule has 0 saturated carbocycles. The predicted molar refractivity (Wildman–Crippen MR) is 137 cm³/mol. The molecule has 2 amide bonds. The lowest BCUT2D eigenvalue weighted by atomic mass is 9.62. The smallest absolute Gasteiger partial charge is 0.312 e. The van der Waals surface area contributed by atoms with E-state index in [2.05, 4.69) is 20.1 Å². The summed E-state index contributed by atoms with van der Waals surface area (Å²) in [7, 11) is 0. The van der Waals surface area contributed by atoms with Crippen molar-refractivity contribution in [1.82, 2.24) is 9.80 Å². The lowest BCUT2D eigenvalue weighted by Gasteiger charge is -2.39. The Kier molecular flexibility index (Phi) is 9.04. The number of aliphatic hydroxyl groups excluding tert-OH is 1. The minimum Gasteiger partial charge on any atom is -0.465 e. The van der Waals surface area contributed by atoms with Gasteiger partial charge in [0.2, 0.25) is 11.8 Å². The second-order valence-electron chi connectivity index (χ2n) is 10.8. The average molecular weight is 505 g/mol. The first-order valence-electron chi connectivity index (χ1n) is 13.4. The van der Waals surface area contributed by atoms with Gasteiger partial charge in [0, 0.05) is 25.7 Å². The summed E-state index contributed by atoms with van der Waals surface area (Å²) in [6.45, 7) is 16.4. The molecule has 0 aromatic rings. The van der Waals surface area contributed by atoms with Gasteiger partial charge in [-0.05, 0) is 51.9 Å². The number of aliphatic hydroxyl groups is 1. The van der Waals surface area contributed by atoms with E-state index in [4.69, 9.17) is 9.47 Å². The summed E-state index contributed by atoms with van der Waals surface area (Å²) in [5, 5.41) is 9.34. The van der Waals surface area contributed by atoms with Crippen molar-refractivity contribution in [2.75, 3.05) is 26.3 Å². The molecule has 0 radical (unpaired) electrons. The summed E-state index contributed by atoms with van der Waals surface area (Å²) in [6, 6.07) is -0.861. The molecular formula is C28H44N2O6. The lowest BCUT2D eigenvalue weighted by Crippen LogP contribution is -2.58. The zero-order valence-electron chi connectivity index (χ0n) is 22.4. The van der Waals surface area contributed by atoms with Gasteiger partial charge in [-0.3, -0.25) is 14.4 Å². The molecule has 0 aromatic carbocycles. The highest BCUT2D eigenvalue weighted by atomic mass is 16.6. The van der Waals surface area contributed by atoms with Gasteiger partial charge < -0.3 is 24.4 Å². The minimum atomic E-state index is -1.09. The molecule has 8 heteroatoms. The Hall–Kier alpha value is -2.19. The van der Waals surface area contributed by atoms with E-state index in [-0.39, 0.29) is 37.0 Å². The molecule has 0 aliphatic carbocycles. The van der Waals surface area contributed by atoms with Gasteiger partial charge in [-0.25, -0.2) is 0 Å². The van der Waals surface area contributed by atoms with Crippen LogP contribution in [-0.4, -0.2) is 82.3 Å². The molecule has 3 aliphatic rings. The van der Waals surface area contributed by atoms with E-state index >= 15 is 0 Å². The molecule has 7 atom stereocenters. The van der Waals surface area contributed by atoms with E-state index in [0.29, 0.717) is 38.8 Å². The Morgan fingerprint density at radius 1 is 1.33 bits per heavy atom. The van der Waals surface area contributed by atoms with E-state index in [9.17, 15) is 19.5 Å². The zero-order chi connectivity index (χ0) is 26.7. The predicted octanol–water partition coefficient (Wildman–Crippen LogP) is 3.09. The van der Waals surface area contributed by atoms with E-state index < -0.39 is 35.0 Å². The maximum absolute atomic E-state index is 14.3. The highest BCUT2D eigenvalue weighted by Gasteiger charge is 2.80. The van der Waals surface area contributed by atoms with Crippen LogP contribution in [0.25, 0.3) is 0 Å². The van der Waals surface area contributed by atoms with Gasteiger partial charge >= 0.3 is 5.97 Å². The van der Waals surface area contributed by atoms with E-state index in [1.165, 1.54) is 0 Å². The Balaban J connectivity index is 2.05. The van der Waals surface area contributed by atoms with Crippen LogP contribution in [0.4, 0.5) is 0 Å². The molecule has 202 valence electrons. The van der Waals surface area contributed by atoms with Crippen LogP contribution in [0.5, 0.6) is 0 Å². The third-order valence-electron chi connectivity index (χ3n) is 8.52. The molecule has 3 rings (SSSR count). The van der Waals surface area contributed by atoms with Gasteiger partial charge in [-0.15, -0.1) is 13.2 Å². The fourth-order valence-electron chi connectivity index (χ4n) is 6.70. The Morgan fingerprint density at radius 3 is 2.67 bits per heavy atom. The van der Waals surface area contributed by atoms with E-state index in [1.807, 2.05) is 20.8 Å². The summed E-state index contributed by atoms with van der Waals surface area (Å²) in [4.78, 5) is 45.1. The number of esters is 1. The number of hydrogen-bond donors (Lipinski definition) is 1. The second-order valence-corrected chi connectivity index (χ2v) is 10.8. The number of fused-ring (bicyclic) bond motifs is 1. The highest BCUT2D eigenvalue weighted by Crippen LogP contribution is 2.65. The minimum absolute atomic E-state index is 0.00912. The van der Waals surface area contributed by atoms with Crippen LogP contribution in [-0.2, 0) is 23.9 Å². The number of ether oxygens (including phenoxy) is 2. The number of likely N-dealkylation sites (tertiary alicyclic amines) is 1. The van der Waals surface area contributed by atoms with E-state index in [1.54, 1.807) is 22.0 Å². The quantitative estimate of drug-likeness (QED) is 0.222. The first-order chi connectivity index (χ1) is 17.1. The van der Waals surface area contributed by atoms with Crippen molar-refractivity contribution in [3.8, 4) is 0 Å². The maximum Gasteiger partial charge on any atom is 0.312 e. The zero-order valence-corrected chi connectivity index (χ0v) is 22.4. The molecule has 2 bridgehead atoms. The average Bonchev–Trinajstić information content (AvgIpc) is 3.34. The van der Waals surface area contributed by atoms with Crippen molar-refractivity contribution in [2.45, 2.75) is 89.5 Å². The van der Waals surface area contributed by atoms with Crippen LogP contribution in [0.15, 0.2) is 25.3 Å². The van der Waals surface area contributed by atoms with Gasteiger partial charge in [0.15, 0.2) is 0 Å². The largest absolute Gasteiger partial charge is 0.465 e. The van der Waals surface area contributed by atoms with Crippen molar-refractivity contribution in [1.29, 1.82) is 0 Å². The van der Waals surface area contributed by atoms with Crippen molar-refractivity contribution in [2.24, 2.45) is 17.8 Å². The first-order valence-corrected chi connectivity index (χ1v) is 13.4. The van der Waals surface area contributed by atoms with Crippen LogP contribution in [0.3, 0.4) is 0 Å². The van der Waals surface area contributed by atoms with Gasteiger partial charge in [-0.2, -0.15) is 0 Å². The standard InChI is InChI=1S/C28H44N2O6/c1-7-10-17-35-26(34)22-21-24(32)30(15-11-12-16-31)23(28(21)18-19(4)27(22,6)36-28)25(33)29(14-9-3)20(5)13-8-2/h7,9,19-23,31H,1,3,8,10-18H2,2,4-6H3/t19?,20?,21-,22+,23?,27-,28?/m0/s1. The van der Waals surface area contributed by atoms with Gasteiger partial charge in [-0.1, -0.05) is 32.4 Å². The van der Waals surface area contributed by atoms with Crippen LogP contribution < -0.4 is 0 Å². The number of rotatable bonds is 14. The summed E-state index contributed by atoms with van der Waals surface area (Å²) in [6.07, 6.45) is 7.26. The molecule has 8 nitrogen and oxygen atoms in total. The van der Waals surface area contributed by atoms with E-state index in [0.717, 1.165) is 12.8 Å². The molecule has 3 saturated heterocycles. The van der Waals surface area contributed by atoms with Crippen LogP contribution in [0, 0.1) is 17.8 Å². The Labute approximate surface area is 215 Å². The van der Waals surface area contributed by atoms with Gasteiger partial charge in [0.1, 0.15) is 17.6 Å². The monoisotopic (exact) mass is 504 g/mol. The molecule has 1 N–H and O–H groups in total. The molecule has 0 aromatic heterocycles. The fraction of sp³-hybridized carbons (Fsp3) is 0.750. The van der Waals surface area contributed by atoms with Crippen molar-refractivity contribution < 1.29 is 29.0 Å². The molecule has 3 fully saturated rings. The molecule has 36 heavy (non-hydrogen) atoms. The number of amides is 2. The molecule has 4 unspecified atom stereocenters. The van der Waals surface area contributed by atoms with Crippen molar-refractivity contribution >= 4 is 17.8 Å². The topological polar surface area (TPSA) is 96.4 Å². The molecule has 3 aliphatic heterocycles. The molecule has 3 heterocycles. The summed E-state index contributed by atoms with van der Waals surface area (Å²) in [5.74, 6) is -2.42. The van der Waals surface area contributed by atoms with Crippen molar-refractivity contribution in [3.05, 3.63) is 25.3 Å². The number of carbonyl (C=O) groups excluding carboxylic acids is 3. The van der Waals surface area contributed by atoms with Crippen LogP contribution in [0.2, 0.25) is 0 Å². The molecule has 1 spiro atoms. The summed E-state index contributed by atoms with van der Waals surface area (Å²) >= 11 is 0. The van der Waals surface area contributed by atoms with Gasteiger partial charge in [0.25, 0.3) is 0 Å². The SMILES string of the molecule is C=CCCOC(=O)[C@H]1[C@H]2C(=O)N(CCCCO)C(C(=O)N(CC=C)C(C)CCC)C23CC(C)[C@]1(C)O3. The maximum atomic E-state index is 14.3. The van der Waals surface area contributed by atoms with Gasteiger partial charge in [0.05, 0.1) is 18.1 Å². The molecular weight excluding hydrogens is 460 g/mol. The number of hydrogen-bond acceptors (Lipinski definition) is 6. The number of carbonyl (C=O) groups is 3. The number of unbranched alkanes of at least 4 members (excludes halogenated alkanes) is 1. The fourth-order valence-corrected chi connectivity index (χ4v) is 6.70.